The fraction of sp³-hybridized carbons (Fsp3) is 0.786. The first kappa shape index (κ1) is 10.4. The van der Waals surface area contributed by atoms with Gasteiger partial charge in [-0.05, 0) is 44.9 Å². The van der Waals surface area contributed by atoms with Crippen LogP contribution in [0.5, 0.6) is 0 Å². The third kappa shape index (κ3) is 1.50. The summed E-state index contributed by atoms with van der Waals surface area (Å²) < 4.78 is 0. The van der Waals surface area contributed by atoms with Crippen LogP contribution in [0.25, 0.3) is 0 Å². The minimum atomic E-state index is 0.400. The third-order valence-electron chi connectivity index (χ3n) is 4.69. The predicted octanol–water partition coefficient (Wildman–Crippen LogP) is 3.51. The second-order valence-corrected chi connectivity index (χ2v) is 5.56. The van der Waals surface area contributed by atoms with Gasteiger partial charge in [-0.1, -0.05) is 19.8 Å². The van der Waals surface area contributed by atoms with Crippen LogP contribution in [0, 0.1) is 0 Å². The molecule has 0 atom stereocenters. The molecule has 1 aromatic rings. The molecule has 2 nitrogen and oxygen atoms in total. The van der Waals surface area contributed by atoms with Gasteiger partial charge in [-0.25, -0.2) is 4.98 Å². The van der Waals surface area contributed by atoms with E-state index in [1.165, 1.54) is 75.0 Å². The standard InChI is InChI=1S/C14H22N2/c1-2-14(9-5-6-10-14)13-15-11-7-3-4-8-12(11)16-13/h2-10H2,1H3,(H,15,16). The number of aromatic amines is 1. The molecule has 88 valence electrons. The van der Waals surface area contributed by atoms with Gasteiger partial charge in [0.1, 0.15) is 5.82 Å². The number of aryl methyl sites for hydroxylation is 2. The number of nitrogens with zero attached hydrogens (tertiary/aromatic N) is 1. The van der Waals surface area contributed by atoms with Crippen LogP contribution in [0.3, 0.4) is 0 Å². The zero-order chi connectivity index (χ0) is 11.0. The minimum Gasteiger partial charge on any atom is -0.345 e. The van der Waals surface area contributed by atoms with Crippen molar-refractivity contribution >= 4 is 0 Å². The Morgan fingerprint density at radius 3 is 2.56 bits per heavy atom. The fourth-order valence-corrected chi connectivity index (χ4v) is 3.51. The Bertz CT molecular complexity index is 349. The van der Waals surface area contributed by atoms with Crippen molar-refractivity contribution in [3.63, 3.8) is 0 Å². The molecular weight excluding hydrogens is 196 g/mol. The van der Waals surface area contributed by atoms with Crippen molar-refractivity contribution in [1.29, 1.82) is 0 Å². The molecule has 0 unspecified atom stereocenters. The number of hydrogen-bond acceptors (Lipinski definition) is 1. The number of imidazole rings is 1. The summed E-state index contributed by atoms with van der Waals surface area (Å²) in [6.45, 7) is 2.33. The third-order valence-corrected chi connectivity index (χ3v) is 4.69. The number of fused-ring (bicyclic) bond motifs is 1. The van der Waals surface area contributed by atoms with Crippen LogP contribution >= 0.6 is 0 Å². The fourth-order valence-electron chi connectivity index (χ4n) is 3.51. The highest BCUT2D eigenvalue weighted by Crippen LogP contribution is 2.42. The summed E-state index contributed by atoms with van der Waals surface area (Å²) in [4.78, 5) is 8.58. The van der Waals surface area contributed by atoms with Gasteiger partial charge in [-0.2, -0.15) is 0 Å². The van der Waals surface area contributed by atoms with E-state index in [1.54, 1.807) is 0 Å². The molecule has 1 heterocycles. The molecule has 2 aliphatic rings. The molecule has 3 rings (SSSR count). The molecule has 0 aromatic carbocycles. The highest BCUT2D eigenvalue weighted by Gasteiger charge is 2.37. The average molecular weight is 218 g/mol. The quantitative estimate of drug-likeness (QED) is 0.808. The maximum absolute atomic E-state index is 4.92. The predicted molar refractivity (Wildman–Crippen MR) is 65.7 cm³/mol. The summed E-state index contributed by atoms with van der Waals surface area (Å²) in [6, 6.07) is 0. The molecular formula is C14H22N2. The summed E-state index contributed by atoms with van der Waals surface area (Å²) in [5.74, 6) is 1.32. The van der Waals surface area contributed by atoms with Crippen LogP contribution < -0.4 is 0 Å². The van der Waals surface area contributed by atoms with Crippen molar-refractivity contribution in [2.75, 3.05) is 0 Å². The van der Waals surface area contributed by atoms with Gasteiger partial charge in [0.2, 0.25) is 0 Å². The van der Waals surface area contributed by atoms with E-state index in [9.17, 15) is 0 Å². The smallest absolute Gasteiger partial charge is 0.112 e. The molecule has 0 radical (unpaired) electrons. The van der Waals surface area contributed by atoms with E-state index in [1.807, 2.05) is 0 Å². The molecule has 1 saturated carbocycles. The lowest BCUT2D eigenvalue weighted by atomic mass is 9.83. The van der Waals surface area contributed by atoms with Gasteiger partial charge >= 0.3 is 0 Å². The van der Waals surface area contributed by atoms with Crippen LogP contribution in [0.4, 0.5) is 0 Å². The minimum absolute atomic E-state index is 0.400. The van der Waals surface area contributed by atoms with Crippen LogP contribution in [0.15, 0.2) is 0 Å². The normalized spacial score (nSPS) is 23.3. The molecule has 1 N–H and O–H groups in total. The molecule has 0 bridgehead atoms. The summed E-state index contributed by atoms with van der Waals surface area (Å²) >= 11 is 0. The number of H-pyrrole nitrogens is 1. The molecule has 0 amide bonds. The van der Waals surface area contributed by atoms with E-state index in [-0.39, 0.29) is 0 Å². The second kappa shape index (κ2) is 3.90. The van der Waals surface area contributed by atoms with E-state index in [0.717, 1.165) is 0 Å². The van der Waals surface area contributed by atoms with Crippen molar-refractivity contribution < 1.29 is 0 Å². The molecule has 0 spiro atoms. The lowest BCUT2D eigenvalue weighted by Gasteiger charge is -2.24. The number of rotatable bonds is 2. The van der Waals surface area contributed by atoms with Gasteiger partial charge in [-0.3, -0.25) is 0 Å². The maximum Gasteiger partial charge on any atom is 0.112 e. The van der Waals surface area contributed by atoms with Crippen molar-refractivity contribution in [3.8, 4) is 0 Å². The van der Waals surface area contributed by atoms with Gasteiger partial charge in [0, 0.05) is 11.1 Å². The Balaban J connectivity index is 1.96. The first-order valence-electron chi connectivity index (χ1n) is 6.92. The van der Waals surface area contributed by atoms with Crippen LogP contribution in [-0.4, -0.2) is 9.97 Å². The highest BCUT2D eigenvalue weighted by atomic mass is 15.0. The van der Waals surface area contributed by atoms with Crippen molar-refractivity contribution in [2.24, 2.45) is 0 Å². The highest BCUT2D eigenvalue weighted by molar-refractivity contribution is 5.23. The summed E-state index contributed by atoms with van der Waals surface area (Å²) in [5.41, 5.74) is 3.22. The first-order valence-corrected chi connectivity index (χ1v) is 6.92. The van der Waals surface area contributed by atoms with Gasteiger partial charge in [0.25, 0.3) is 0 Å². The van der Waals surface area contributed by atoms with Crippen LogP contribution in [0.2, 0.25) is 0 Å². The van der Waals surface area contributed by atoms with Crippen molar-refractivity contribution in [3.05, 3.63) is 17.2 Å². The van der Waals surface area contributed by atoms with Crippen LogP contribution in [0.1, 0.15) is 69.1 Å². The SMILES string of the molecule is CCC1(c2nc3c([nH]2)CCCC3)CCCC1. The first-order chi connectivity index (χ1) is 7.84. The summed E-state index contributed by atoms with van der Waals surface area (Å²) in [5, 5.41) is 0. The van der Waals surface area contributed by atoms with E-state index in [0.29, 0.717) is 5.41 Å². The Kier molecular flexibility index (Phi) is 2.53. The lowest BCUT2D eigenvalue weighted by molar-refractivity contribution is 0.401. The Morgan fingerprint density at radius 1 is 1.12 bits per heavy atom. The zero-order valence-electron chi connectivity index (χ0n) is 10.3. The lowest BCUT2D eigenvalue weighted by Crippen LogP contribution is -2.22. The van der Waals surface area contributed by atoms with E-state index in [2.05, 4.69) is 11.9 Å². The number of hydrogen-bond donors (Lipinski definition) is 1. The Labute approximate surface area is 97.9 Å². The van der Waals surface area contributed by atoms with Gasteiger partial charge < -0.3 is 4.98 Å². The largest absolute Gasteiger partial charge is 0.345 e. The zero-order valence-corrected chi connectivity index (χ0v) is 10.3. The maximum atomic E-state index is 4.92. The Morgan fingerprint density at radius 2 is 1.88 bits per heavy atom. The summed E-state index contributed by atoms with van der Waals surface area (Å²) in [7, 11) is 0. The topological polar surface area (TPSA) is 28.7 Å². The molecule has 1 fully saturated rings. The molecule has 16 heavy (non-hydrogen) atoms. The van der Waals surface area contributed by atoms with Crippen molar-refractivity contribution in [1.82, 2.24) is 9.97 Å². The van der Waals surface area contributed by atoms with E-state index >= 15 is 0 Å². The molecule has 1 aromatic heterocycles. The van der Waals surface area contributed by atoms with Gasteiger partial charge in [0.15, 0.2) is 0 Å². The van der Waals surface area contributed by atoms with Crippen molar-refractivity contribution in [2.45, 2.75) is 70.1 Å². The van der Waals surface area contributed by atoms with Gasteiger partial charge in [-0.15, -0.1) is 0 Å². The van der Waals surface area contributed by atoms with Gasteiger partial charge in [0.05, 0.1) is 5.69 Å². The number of aromatic nitrogens is 2. The monoisotopic (exact) mass is 218 g/mol. The summed E-state index contributed by atoms with van der Waals surface area (Å²) in [6.07, 6.45) is 11.8. The average Bonchev–Trinajstić information content (AvgIpc) is 2.96. The molecule has 0 saturated heterocycles. The van der Waals surface area contributed by atoms with Crippen LogP contribution in [-0.2, 0) is 18.3 Å². The number of nitrogens with one attached hydrogen (secondary N) is 1. The molecule has 2 heteroatoms. The Hall–Kier alpha value is -0.790. The van der Waals surface area contributed by atoms with E-state index in [4.69, 9.17) is 4.98 Å². The molecule has 2 aliphatic carbocycles. The van der Waals surface area contributed by atoms with E-state index < -0.39 is 0 Å². The second-order valence-electron chi connectivity index (χ2n) is 5.56. The molecule has 0 aliphatic heterocycles.